The van der Waals surface area contributed by atoms with E-state index in [1.54, 1.807) is 14.4 Å². The van der Waals surface area contributed by atoms with Gasteiger partial charge in [0.2, 0.25) is 11.8 Å². The highest BCUT2D eigenvalue weighted by atomic mass is 32.2. The molecule has 0 aliphatic carbocycles. The second-order valence-corrected chi connectivity index (χ2v) is 10.5. The van der Waals surface area contributed by atoms with Crippen molar-refractivity contribution in [2.24, 2.45) is 5.41 Å². The van der Waals surface area contributed by atoms with Crippen molar-refractivity contribution in [1.82, 2.24) is 19.4 Å². The van der Waals surface area contributed by atoms with Crippen LogP contribution in [0.25, 0.3) is 11.0 Å². The number of para-hydroxylation sites is 2. The van der Waals surface area contributed by atoms with Crippen molar-refractivity contribution < 1.29 is 18.0 Å². The molecule has 8 nitrogen and oxygen atoms in total. The summed E-state index contributed by atoms with van der Waals surface area (Å²) in [6.45, 7) is 1.92. The molecule has 2 aliphatic rings. The lowest BCUT2D eigenvalue weighted by Gasteiger charge is -2.37. The number of nitrogens with zero attached hydrogens (tertiary/aromatic N) is 4. The van der Waals surface area contributed by atoms with Crippen LogP contribution < -0.4 is 0 Å². The molecule has 0 saturated carbocycles. The molecule has 0 radical (unpaired) electrons. The van der Waals surface area contributed by atoms with Crippen LogP contribution in [0, 0.1) is 5.41 Å². The van der Waals surface area contributed by atoms with Crippen LogP contribution in [0.3, 0.4) is 0 Å². The first kappa shape index (κ1) is 19.9. The highest BCUT2D eigenvalue weighted by Gasteiger charge is 2.47. The van der Waals surface area contributed by atoms with E-state index in [1.165, 1.54) is 0 Å². The molecule has 1 spiro atoms. The Morgan fingerprint density at radius 1 is 1.14 bits per heavy atom. The number of amides is 2. The number of sulfone groups is 1. The number of imidazole rings is 1. The molecule has 0 unspecified atom stereocenters. The maximum atomic E-state index is 13.0. The molecule has 2 aromatic rings. The van der Waals surface area contributed by atoms with E-state index in [2.05, 4.69) is 4.98 Å². The van der Waals surface area contributed by atoms with Gasteiger partial charge in [0.1, 0.15) is 18.1 Å². The Labute approximate surface area is 170 Å². The molecule has 2 aliphatic heterocycles. The number of hydrogen-bond acceptors (Lipinski definition) is 5. The fraction of sp³-hybridized carbons (Fsp3) is 0.550. The summed E-state index contributed by atoms with van der Waals surface area (Å²) in [5.41, 5.74) is 1.12. The minimum absolute atomic E-state index is 0.0478. The second kappa shape index (κ2) is 7.12. The molecule has 2 amide bonds. The summed E-state index contributed by atoms with van der Waals surface area (Å²) in [5.74, 6) is 0.291. The van der Waals surface area contributed by atoms with Crippen molar-refractivity contribution >= 4 is 32.7 Å². The first-order chi connectivity index (χ1) is 13.7. The quantitative estimate of drug-likeness (QED) is 0.740. The second-order valence-electron chi connectivity index (χ2n) is 8.31. The zero-order valence-electron chi connectivity index (χ0n) is 16.8. The smallest absolute Gasteiger partial charge is 0.242 e. The average molecular weight is 419 g/mol. The van der Waals surface area contributed by atoms with E-state index in [4.69, 9.17) is 0 Å². The van der Waals surface area contributed by atoms with Gasteiger partial charge >= 0.3 is 0 Å². The Hall–Kier alpha value is -2.42. The zero-order chi connectivity index (χ0) is 20.8. The van der Waals surface area contributed by atoms with Crippen molar-refractivity contribution in [3.8, 4) is 0 Å². The number of fused-ring (bicyclic) bond motifs is 1. The van der Waals surface area contributed by atoms with E-state index in [0.717, 1.165) is 24.7 Å². The molecule has 2 saturated heterocycles. The lowest BCUT2D eigenvalue weighted by molar-refractivity contribution is -0.142. The summed E-state index contributed by atoms with van der Waals surface area (Å²) in [7, 11) is -1.45. The van der Waals surface area contributed by atoms with Gasteiger partial charge in [-0.2, -0.15) is 0 Å². The predicted octanol–water partition coefficient (Wildman–Crippen LogP) is 1.05. The number of hydrogen-bond donors (Lipinski definition) is 0. The normalized spacial score (nSPS) is 19.4. The number of likely N-dealkylation sites (tertiary alicyclic amines) is 2. The summed E-state index contributed by atoms with van der Waals surface area (Å²) < 4.78 is 25.4. The van der Waals surface area contributed by atoms with Crippen molar-refractivity contribution in [2.75, 3.05) is 32.9 Å². The number of carbonyl (C=O) groups excluding carboxylic acids is 2. The van der Waals surface area contributed by atoms with Gasteiger partial charge in [-0.3, -0.25) is 9.59 Å². The van der Waals surface area contributed by atoms with Crippen LogP contribution in [-0.2, 0) is 31.7 Å². The van der Waals surface area contributed by atoms with Crippen molar-refractivity contribution in [3.63, 3.8) is 0 Å². The molecule has 2 fully saturated rings. The highest BCUT2D eigenvalue weighted by molar-refractivity contribution is 7.89. The third kappa shape index (κ3) is 3.75. The van der Waals surface area contributed by atoms with E-state index >= 15 is 0 Å². The Morgan fingerprint density at radius 3 is 2.41 bits per heavy atom. The van der Waals surface area contributed by atoms with Gasteiger partial charge in [0.25, 0.3) is 0 Å². The summed E-state index contributed by atoms with van der Waals surface area (Å²) in [5, 5.41) is 0. The molecule has 0 N–H and O–H groups in total. The number of piperidine rings is 1. The number of carbonyl (C=O) groups is 2. The average Bonchev–Trinajstić information content (AvgIpc) is 3.14. The molecule has 156 valence electrons. The lowest BCUT2D eigenvalue weighted by Crippen LogP contribution is -2.47. The van der Waals surface area contributed by atoms with Gasteiger partial charge in [0.05, 0.1) is 16.4 Å². The van der Waals surface area contributed by atoms with Crippen LogP contribution in [0.2, 0.25) is 0 Å². The first-order valence-corrected chi connectivity index (χ1v) is 11.9. The molecule has 0 atom stereocenters. The maximum Gasteiger partial charge on any atom is 0.242 e. The Morgan fingerprint density at radius 2 is 1.79 bits per heavy atom. The monoisotopic (exact) mass is 418 g/mol. The molecular weight excluding hydrogens is 392 g/mol. The minimum atomic E-state index is -3.28. The third-order valence-electron chi connectivity index (χ3n) is 6.22. The molecular formula is C20H26N4O4S. The van der Waals surface area contributed by atoms with Gasteiger partial charge in [-0.15, -0.1) is 0 Å². The molecule has 29 heavy (non-hydrogen) atoms. The van der Waals surface area contributed by atoms with E-state index in [9.17, 15) is 18.0 Å². The van der Waals surface area contributed by atoms with Gasteiger partial charge in [0.15, 0.2) is 9.84 Å². The van der Waals surface area contributed by atoms with Crippen LogP contribution in [0.5, 0.6) is 0 Å². The molecule has 1 aromatic heterocycles. The SMILES string of the molecule is CN1CCC2(CCN(C(=O)Cn3c(CS(C)(=O)=O)nc4ccccc43)CC2)C1=O. The van der Waals surface area contributed by atoms with Gasteiger partial charge < -0.3 is 14.4 Å². The first-order valence-electron chi connectivity index (χ1n) is 9.84. The summed E-state index contributed by atoms with van der Waals surface area (Å²) in [6.07, 6.45) is 3.39. The van der Waals surface area contributed by atoms with Gasteiger partial charge in [-0.25, -0.2) is 13.4 Å². The van der Waals surface area contributed by atoms with Gasteiger partial charge in [-0.05, 0) is 31.4 Å². The van der Waals surface area contributed by atoms with Crippen LogP contribution in [0.15, 0.2) is 24.3 Å². The van der Waals surface area contributed by atoms with E-state index < -0.39 is 9.84 Å². The van der Waals surface area contributed by atoms with E-state index in [1.807, 2.05) is 31.3 Å². The van der Waals surface area contributed by atoms with Crippen LogP contribution in [0.1, 0.15) is 25.1 Å². The minimum Gasteiger partial charge on any atom is -0.345 e. The largest absolute Gasteiger partial charge is 0.345 e. The number of rotatable bonds is 4. The van der Waals surface area contributed by atoms with E-state index in [-0.39, 0.29) is 29.5 Å². The molecule has 4 rings (SSSR count). The standard InChI is InChI=1S/C20H26N4O4S/c1-22-10-7-20(19(22)26)8-11-23(12-9-20)18(25)13-24-16-6-4-3-5-15(16)21-17(24)14-29(2,27)28/h3-6H,7-14H2,1-2H3. The Kier molecular flexibility index (Phi) is 4.88. The summed E-state index contributed by atoms with van der Waals surface area (Å²) >= 11 is 0. The summed E-state index contributed by atoms with van der Waals surface area (Å²) in [6, 6.07) is 7.35. The van der Waals surface area contributed by atoms with Crippen LogP contribution in [0.4, 0.5) is 0 Å². The Balaban J connectivity index is 1.52. The Bertz CT molecular complexity index is 1070. The number of aromatic nitrogens is 2. The number of benzene rings is 1. The fourth-order valence-corrected chi connectivity index (χ4v) is 5.21. The van der Waals surface area contributed by atoms with Crippen molar-refractivity contribution in [2.45, 2.75) is 31.6 Å². The topological polar surface area (TPSA) is 92.6 Å². The zero-order valence-corrected chi connectivity index (χ0v) is 17.6. The van der Waals surface area contributed by atoms with Crippen molar-refractivity contribution in [1.29, 1.82) is 0 Å². The highest BCUT2D eigenvalue weighted by Crippen LogP contribution is 2.41. The molecule has 0 bridgehead atoms. The summed E-state index contributed by atoms with van der Waals surface area (Å²) in [4.78, 5) is 33.5. The van der Waals surface area contributed by atoms with Gasteiger partial charge in [0, 0.05) is 32.9 Å². The molecule has 3 heterocycles. The van der Waals surface area contributed by atoms with Gasteiger partial charge in [-0.1, -0.05) is 12.1 Å². The third-order valence-corrected chi connectivity index (χ3v) is 7.00. The maximum absolute atomic E-state index is 13.0. The lowest BCUT2D eigenvalue weighted by atomic mass is 9.77. The molecule has 1 aromatic carbocycles. The van der Waals surface area contributed by atoms with Crippen LogP contribution in [-0.4, -0.2) is 72.5 Å². The predicted molar refractivity (Wildman–Crippen MR) is 109 cm³/mol. The van der Waals surface area contributed by atoms with E-state index in [0.29, 0.717) is 37.3 Å². The van der Waals surface area contributed by atoms with Crippen molar-refractivity contribution in [3.05, 3.63) is 30.1 Å². The van der Waals surface area contributed by atoms with Crippen LogP contribution >= 0.6 is 0 Å². The molecule has 9 heteroatoms. The fourth-order valence-electron chi connectivity index (χ4n) is 4.52.